The van der Waals surface area contributed by atoms with E-state index < -0.39 is 0 Å². The van der Waals surface area contributed by atoms with Crippen molar-refractivity contribution in [2.45, 2.75) is 64.8 Å². The number of carbonyl (C=O) groups is 2. The predicted molar refractivity (Wildman–Crippen MR) is 131 cm³/mol. The first-order valence-corrected chi connectivity index (χ1v) is 13.5. The topological polar surface area (TPSA) is 99.8 Å². The highest BCUT2D eigenvalue weighted by atomic mass is 32.1. The highest BCUT2D eigenvalue weighted by Crippen LogP contribution is 2.65. The fourth-order valence-corrected chi connectivity index (χ4v) is 8.75. The molecule has 8 heteroatoms. The van der Waals surface area contributed by atoms with E-state index in [1.807, 2.05) is 0 Å². The number of anilines is 1. The Morgan fingerprint density at radius 2 is 2.09 bits per heavy atom. The second kappa shape index (κ2) is 8.04. The van der Waals surface area contributed by atoms with E-state index in [4.69, 9.17) is 4.98 Å². The smallest absolute Gasteiger partial charge is 0.293 e. The molecule has 1 aliphatic heterocycles. The van der Waals surface area contributed by atoms with Crippen LogP contribution in [0.3, 0.4) is 0 Å². The maximum Gasteiger partial charge on any atom is 0.293 e. The Hall–Kier alpha value is -2.48. The third-order valence-electron chi connectivity index (χ3n) is 9.82. The number of nitrogens with zero attached hydrogens (tertiary/aromatic N) is 2. The van der Waals surface area contributed by atoms with Gasteiger partial charge >= 0.3 is 0 Å². The van der Waals surface area contributed by atoms with Crippen molar-refractivity contribution >= 4 is 28.3 Å². The van der Waals surface area contributed by atoms with Crippen LogP contribution in [-0.4, -0.2) is 32.8 Å². The molecule has 2 amide bonds. The minimum absolute atomic E-state index is 0.0745. The number of aromatic amines is 1. The van der Waals surface area contributed by atoms with E-state index in [0.29, 0.717) is 28.2 Å². The lowest BCUT2D eigenvalue weighted by atomic mass is 9.48. The molecule has 2 aromatic rings. The van der Waals surface area contributed by atoms with Crippen LogP contribution in [0.15, 0.2) is 29.9 Å². The number of H-pyrrole nitrogens is 1. The molecule has 0 aromatic carbocycles. The van der Waals surface area contributed by atoms with Crippen LogP contribution in [0.25, 0.3) is 0 Å². The van der Waals surface area contributed by atoms with Crippen molar-refractivity contribution in [3.8, 4) is 0 Å². The average molecular weight is 480 g/mol. The third-order valence-corrected chi connectivity index (χ3v) is 10.6. The van der Waals surface area contributed by atoms with Crippen LogP contribution in [-0.2, 0) is 11.2 Å². The Labute approximate surface area is 204 Å². The lowest BCUT2D eigenvalue weighted by Gasteiger charge is -2.59. The number of thiazole rings is 1. The minimum atomic E-state index is -0.255. The Kier molecular flexibility index (Phi) is 5.20. The van der Waals surface area contributed by atoms with Crippen molar-refractivity contribution in [2.24, 2.45) is 34.5 Å². The molecular weight excluding hydrogens is 446 g/mol. The van der Waals surface area contributed by atoms with Gasteiger partial charge < -0.3 is 10.3 Å². The molecule has 3 saturated carbocycles. The Balaban J connectivity index is 1.16. The highest BCUT2D eigenvalue weighted by Gasteiger charge is 2.59. The van der Waals surface area contributed by atoms with Crippen LogP contribution in [0.1, 0.15) is 68.7 Å². The Bertz CT molecular complexity index is 1130. The molecule has 0 spiro atoms. The fraction of sp³-hybridized carbons (Fsp3) is 0.615. The molecule has 180 valence electrons. The monoisotopic (exact) mass is 479 g/mol. The molecule has 2 unspecified atom stereocenters. The number of hydrogen-bond acceptors (Lipinski definition) is 5. The van der Waals surface area contributed by atoms with Crippen LogP contribution in [0.5, 0.6) is 0 Å². The summed E-state index contributed by atoms with van der Waals surface area (Å²) in [6, 6.07) is 0.289. The molecule has 6 rings (SSSR count). The number of fused-ring (bicyclic) bond motifs is 5. The average Bonchev–Trinajstić information content (AvgIpc) is 3.56. The SMILES string of the molecule is C[C@]12C=CC(=O)NC1CC[C@@H]1[C@H]2CC[C@]2(C)C(Cc3csc(NC(=O)c4ncc[nH]4)n3)CC[C@@H]12. The largest absolute Gasteiger partial charge is 0.349 e. The van der Waals surface area contributed by atoms with E-state index in [-0.39, 0.29) is 23.3 Å². The van der Waals surface area contributed by atoms with Gasteiger partial charge in [0, 0.05) is 29.2 Å². The Morgan fingerprint density at radius 3 is 2.91 bits per heavy atom. The number of amides is 2. The summed E-state index contributed by atoms with van der Waals surface area (Å²) in [6.45, 7) is 4.91. The zero-order chi connectivity index (χ0) is 23.5. The summed E-state index contributed by atoms with van der Waals surface area (Å²) in [5.41, 5.74) is 1.52. The van der Waals surface area contributed by atoms with Gasteiger partial charge in [0.25, 0.3) is 5.91 Å². The second-order valence-corrected chi connectivity index (χ2v) is 12.1. The number of imidazole rings is 1. The van der Waals surface area contributed by atoms with Gasteiger partial charge in [-0.1, -0.05) is 19.9 Å². The quantitative estimate of drug-likeness (QED) is 0.598. The number of carbonyl (C=O) groups excluding carboxylic acids is 2. The Morgan fingerprint density at radius 1 is 1.21 bits per heavy atom. The van der Waals surface area contributed by atoms with Crippen LogP contribution in [0.2, 0.25) is 0 Å². The van der Waals surface area contributed by atoms with Crippen molar-refractivity contribution in [1.29, 1.82) is 0 Å². The first-order chi connectivity index (χ1) is 16.4. The van der Waals surface area contributed by atoms with Gasteiger partial charge in [0.15, 0.2) is 11.0 Å². The predicted octanol–water partition coefficient (Wildman–Crippen LogP) is 4.57. The molecular formula is C26H33N5O2S. The normalized spacial score (nSPS) is 38.5. The molecule has 3 fully saturated rings. The van der Waals surface area contributed by atoms with Crippen LogP contribution >= 0.6 is 11.3 Å². The summed E-state index contributed by atoms with van der Waals surface area (Å²) >= 11 is 1.49. The standard InChI is InChI=1S/C26H33N5O2S/c1-25-9-7-19-17(4-6-20-26(19,2)10-8-21(32)30-20)18(25)5-3-15(25)13-16-14-34-24(29-16)31-23(33)22-27-11-12-28-22/h8,10-12,14-15,17-20H,3-7,9,13H2,1-2H3,(H,27,28)(H,30,32)(H,29,31,33)/t15?,17-,18-,19+,20?,25+,26+/m0/s1. The molecule has 3 aliphatic carbocycles. The molecule has 0 radical (unpaired) electrons. The van der Waals surface area contributed by atoms with E-state index in [9.17, 15) is 9.59 Å². The van der Waals surface area contributed by atoms with E-state index in [0.717, 1.165) is 30.4 Å². The lowest BCUT2D eigenvalue weighted by molar-refractivity contribution is -0.122. The van der Waals surface area contributed by atoms with Gasteiger partial charge in [0.1, 0.15) is 0 Å². The van der Waals surface area contributed by atoms with Gasteiger partial charge in [-0.15, -0.1) is 11.3 Å². The van der Waals surface area contributed by atoms with Gasteiger partial charge in [-0.05, 0) is 80.1 Å². The van der Waals surface area contributed by atoms with E-state index in [1.165, 1.54) is 43.4 Å². The first kappa shape index (κ1) is 22.0. The first-order valence-electron chi connectivity index (χ1n) is 12.6. The van der Waals surface area contributed by atoms with Crippen molar-refractivity contribution < 1.29 is 9.59 Å². The summed E-state index contributed by atoms with van der Waals surface area (Å²) in [6.07, 6.45) is 15.6. The lowest BCUT2D eigenvalue weighted by Crippen LogP contribution is -2.59. The van der Waals surface area contributed by atoms with Gasteiger partial charge in [-0.25, -0.2) is 9.97 Å². The second-order valence-electron chi connectivity index (χ2n) is 11.3. The molecule has 7 nitrogen and oxygen atoms in total. The highest BCUT2D eigenvalue weighted by molar-refractivity contribution is 7.13. The van der Waals surface area contributed by atoms with Crippen molar-refractivity contribution in [1.82, 2.24) is 20.3 Å². The van der Waals surface area contributed by atoms with Gasteiger partial charge in [0.2, 0.25) is 5.91 Å². The van der Waals surface area contributed by atoms with Gasteiger partial charge in [0.05, 0.1) is 5.69 Å². The maximum atomic E-state index is 12.3. The summed E-state index contributed by atoms with van der Waals surface area (Å²) in [5.74, 6) is 2.89. The van der Waals surface area contributed by atoms with Crippen LogP contribution in [0, 0.1) is 34.5 Å². The third kappa shape index (κ3) is 3.44. The molecule has 34 heavy (non-hydrogen) atoms. The van der Waals surface area contributed by atoms with Gasteiger partial charge in [-0.3, -0.25) is 14.9 Å². The fourth-order valence-electron chi connectivity index (χ4n) is 8.03. The summed E-state index contributed by atoms with van der Waals surface area (Å²) < 4.78 is 0. The van der Waals surface area contributed by atoms with Crippen molar-refractivity contribution in [3.05, 3.63) is 41.4 Å². The zero-order valence-electron chi connectivity index (χ0n) is 19.8. The molecule has 3 heterocycles. The van der Waals surface area contributed by atoms with Gasteiger partial charge in [-0.2, -0.15) is 0 Å². The summed E-state index contributed by atoms with van der Waals surface area (Å²) in [4.78, 5) is 35.8. The zero-order valence-corrected chi connectivity index (χ0v) is 20.7. The molecule has 7 atom stereocenters. The molecule has 2 aromatic heterocycles. The van der Waals surface area contributed by atoms with Crippen molar-refractivity contribution in [2.75, 3.05) is 5.32 Å². The van der Waals surface area contributed by atoms with E-state index in [2.05, 4.69) is 45.9 Å². The van der Waals surface area contributed by atoms with Crippen LogP contribution < -0.4 is 10.6 Å². The number of nitrogens with one attached hydrogen (secondary N) is 3. The number of rotatable bonds is 4. The molecule has 0 saturated heterocycles. The van der Waals surface area contributed by atoms with Crippen LogP contribution in [0.4, 0.5) is 5.13 Å². The number of hydrogen-bond donors (Lipinski definition) is 3. The molecule has 4 aliphatic rings. The summed E-state index contributed by atoms with van der Waals surface area (Å²) in [7, 11) is 0. The molecule has 0 bridgehead atoms. The number of aromatic nitrogens is 3. The summed E-state index contributed by atoms with van der Waals surface area (Å²) in [5, 5.41) is 8.86. The van der Waals surface area contributed by atoms with E-state index >= 15 is 0 Å². The maximum absolute atomic E-state index is 12.3. The van der Waals surface area contributed by atoms with E-state index in [1.54, 1.807) is 18.5 Å². The minimum Gasteiger partial charge on any atom is -0.349 e. The molecule has 3 N–H and O–H groups in total. The van der Waals surface area contributed by atoms with Crippen molar-refractivity contribution in [3.63, 3.8) is 0 Å².